The summed E-state index contributed by atoms with van der Waals surface area (Å²) in [7, 11) is 0. The summed E-state index contributed by atoms with van der Waals surface area (Å²) in [4.78, 5) is 16.6. The summed E-state index contributed by atoms with van der Waals surface area (Å²) in [5.41, 5.74) is 4.27. The van der Waals surface area contributed by atoms with Crippen molar-refractivity contribution in [2.75, 3.05) is 0 Å². The molecule has 6 rings (SSSR count). The number of aliphatic hydroxyl groups excluding tert-OH is 1. The maximum Gasteiger partial charge on any atom is 0.162 e. The number of pyridine rings is 1. The van der Waals surface area contributed by atoms with E-state index in [1.807, 2.05) is 19.9 Å². The first-order valence-corrected chi connectivity index (χ1v) is 15.2. The number of fused-ring (bicyclic) bond motifs is 3. The predicted molar refractivity (Wildman–Crippen MR) is 167 cm³/mol. The SMILES string of the molecule is Cc1[c-]c(-c2nccc3cc(F)c4ccc(C#N)cc4c23)cc(C)c1.O=C(/C=C(\O)C1CCCCC1)C1CCCCC1.[Ir]. The number of hydrogen-bond donors (Lipinski definition) is 1. The first kappa shape index (κ1) is 32.5. The maximum absolute atomic E-state index is 14.5. The summed E-state index contributed by atoms with van der Waals surface area (Å²) in [5.74, 6) is 0.687. The smallest absolute Gasteiger partial charge is 0.162 e. The fraction of sp³-hybridized carbons (Fsp3) is 0.378. The van der Waals surface area contributed by atoms with Crippen molar-refractivity contribution in [1.29, 1.82) is 5.26 Å². The number of nitrogens with zero attached hydrogens (tertiary/aromatic N) is 2. The van der Waals surface area contributed by atoms with Gasteiger partial charge in [0.1, 0.15) is 5.82 Å². The van der Waals surface area contributed by atoms with Gasteiger partial charge in [-0.15, -0.1) is 34.9 Å². The van der Waals surface area contributed by atoms with Crippen LogP contribution >= 0.6 is 0 Å². The zero-order valence-electron chi connectivity index (χ0n) is 24.9. The summed E-state index contributed by atoms with van der Waals surface area (Å²) >= 11 is 0. The number of allylic oxidation sites excluding steroid dienone is 2. The van der Waals surface area contributed by atoms with Crippen LogP contribution in [0.15, 0.2) is 60.5 Å². The molecular formula is C37H38FIrN2O2-. The Kier molecular flexibility index (Phi) is 11.2. The zero-order valence-corrected chi connectivity index (χ0v) is 27.3. The Morgan fingerprint density at radius 2 is 1.63 bits per heavy atom. The second-order valence-electron chi connectivity index (χ2n) is 11.9. The zero-order chi connectivity index (χ0) is 29.6. The number of benzene rings is 3. The third-order valence-corrected chi connectivity index (χ3v) is 8.67. The van der Waals surface area contributed by atoms with Crippen LogP contribution in [0.3, 0.4) is 0 Å². The molecule has 0 unspecified atom stereocenters. The Morgan fingerprint density at radius 1 is 0.953 bits per heavy atom. The molecule has 0 spiro atoms. The molecule has 4 aromatic rings. The van der Waals surface area contributed by atoms with Crippen molar-refractivity contribution < 1.29 is 34.4 Å². The van der Waals surface area contributed by atoms with Crippen molar-refractivity contribution in [2.24, 2.45) is 11.8 Å². The molecule has 3 aromatic carbocycles. The molecule has 1 N–H and O–H groups in total. The van der Waals surface area contributed by atoms with Gasteiger partial charge in [-0.3, -0.25) is 4.79 Å². The number of rotatable bonds is 4. The van der Waals surface area contributed by atoms with E-state index in [2.05, 4.69) is 23.2 Å². The van der Waals surface area contributed by atoms with Gasteiger partial charge in [0.25, 0.3) is 0 Å². The largest absolute Gasteiger partial charge is 0.512 e. The van der Waals surface area contributed by atoms with Crippen molar-refractivity contribution in [3.05, 3.63) is 89.1 Å². The van der Waals surface area contributed by atoms with Crippen LogP contribution in [0, 0.1) is 48.9 Å². The number of aryl methyl sites for hydroxylation is 2. The predicted octanol–water partition coefficient (Wildman–Crippen LogP) is 9.64. The Balaban J connectivity index is 0.000000207. The maximum atomic E-state index is 14.5. The van der Waals surface area contributed by atoms with E-state index in [0.29, 0.717) is 22.1 Å². The van der Waals surface area contributed by atoms with Gasteiger partial charge >= 0.3 is 0 Å². The Hall–Kier alpha value is -3.39. The molecule has 1 heterocycles. The van der Waals surface area contributed by atoms with Gasteiger partial charge in [-0.2, -0.15) is 5.26 Å². The van der Waals surface area contributed by atoms with E-state index in [4.69, 9.17) is 0 Å². The Bertz CT molecular complexity index is 1660. The molecule has 1 radical (unpaired) electrons. The van der Waals surface area contributed by atoms with Crippen molar-refractivity contribution in [1.82, 2.24) is 4.98 Å². The number of aliphatic hydroxyl groups is 1. The molecule has 2 fully saturated rings. The first-order valence-electron chi connectivity index (χ1n) is 15.2. The van der Waals surface area contributed by atoms with Crippen LogP contribution in [0.2, 0.25) is 0 Å². The Morgan fingerprint density at radius 3 is 2.28 bits per heavy atom. The van der Waals surface area contributed by atoms with E-state index in [9.17, 15) is 19.6 Å². The quantitative estimate of drug-likeness (QED) is 0.0976. The molecule has 0 amide bonds. The second-order valence-corrected chi connectivity index (χ2v) is 11.9. The Labute approximate surface area is 267 Å². The summed E-state index contributed by atoms with van der Waals surface area (Å²) in [6.07, 6.45) is 14.7. The van der Waals surface area contributed by atoms with Crippen LogP contribution in [0.1, 0.15) is 80.9 Å². The van der Waals surface area contributed by atoms with E-state index in [0.717, 1.165) is 58.8 Å². The van der Waals surface area contributed by atoms with Crippen molar-refractivity contribution in [3.63, 3.8) is 0 Å². The fourth-order valence-corrected chi connectivity index (χ4v) is 6.52. The first-order chi connectivity index (χ1) is 20.3. The molecule has 0 atom stereocenters. The number of aromatic nitrogens is 1. The molecule has 2 aliphatic carbocycles. The molecule has 4 nitrogen and oxygen atoms in total. The molecule has 2 saturated carbocycles. The van der Waals surface area contributed by atoms with Gasteiger partial charge in [-0.05, 0) is 71.8 Å². The van der Waals surface area contributed by atoms with Crippen molar-refractivity contribution in [2.45, 2.75) is 78.1 Å². The minimum absolute atomic E-state index is 0. The van der Waals surface area contributed by atoms with Gasteiger partial charge in [-0.1, -0.05) is 58.4 Å². The topological polar surface area (TPSA) is 74.0 Å². The van der Waals surface area contributed by atoms with Gasteiger partial charge in [-0.25, -0.2) is 4.39 Å². The molecule has 6 heteroatoms. The summed E-state index contributed by atoms with van der Waals surface area (Å²) in [5, 5.41) is 22.0. The summed E-state index contributed by atoms with van der Waals surface area (Å²) < 4.78 is 14.5. The second kappa shape index (κ2) is 14.9. The minimum atomic E-state index is -0.298. The van der Waals surface area contributed by atoms with Crippen LogP contribution in [-0.4, -0.2) is 15.9 Å². The molecule has 2 aliphatic rings. The number of nitriles is 1. The third-order valence-electron chi connectivity index (χ3n) is 8.67. The number of ketones is 1. The van der Waals surface area contributed by atoms with E-state index < -0.39 is 0 Å². The normalized spacial score (nSPS) is 16.2. The fourth-order valence-electron chi connectivity index (χ4n) is 6.52. The van der Waals surface area contributed by atoms with Gasteiger partial charge in [0.05, 0.1) is 17.4 Å². The average molecular weight is 754 g/mol. The standard InChI is InChI=1S/C22H14FN2.C15H24O2.Ir/c1-13-7-14(2)9-17(8-13)22-21-16(5-6-25-22)11-20(23)18-4-3-15(12-24)10-19(18)21;16-14(12-7-3-1-4-8-12)11-15(17)13-9-5-2-6-10-13;/h3-8,10-11H,1-2H3;11-13,16H,1-10H2;/q-1;;/b;14-11-;. The van der Waals surface area contributed by atoms with Crippen LogP contribution in [0.5, 0.6) is 0 Å². The molecular weight excluding hydrogens is 716 g/mol. The van der Waals surface area contributed by atoms with Gasteiger partial charge in [0.15, 0.2) is 5.78 Å². The molecule has 43 heavy (non-hydrogen) atoms. The van der Waals surface area contributed by atoms with E-state index >= 15 is 0 Å². The van der Waals surface area contributed by atoms with Crippen molar-refractivity contribution in [3.8, 4) is 17.3 Å². The summed E-state index contributed by atoms with van der Waals surface area (Å²) in [6, 6.07) is 17.9. The van der Waals surface area contributed by atoms with Crippen LogP contribution in [0.4, 0.5) is 4.39 Å². The summed E-state index contributed by atoms with van der Waals surface area (Å²) in [6.45, 7) is 4.02. The number of carbonyl (C=O) groups excluding carboxylic acids is 1. The number of hydrogen-bond acceptors (Lipinski definition) is 4. The van der Waals surface area contributed by atoms with E-state index in [-0.39, 0.29) is 43.5 Å². The van der Waals surface area contributed by atoms with Gasteiger partial charge in [0.2, 0.25) is 0 Å². The molecule has 0 saturated heterocycles. The molecule has 225 valence electrons. The van der Waals surface area contributed by atoms with Crippen LogP contribution in [-0.2, 0) is 24.9 Å². The van der Waals surface area contributed by atoms with Crippen LogP contribution < -0.4 is 0 Å². The van der Waals surface area contributed by atoms with Crippen LogP contribution in [0.25, 0.3) is 32.8 Å². The number of carbonyl (C=O) groups is 1. The third kappa shape index (κ3) is 7.77. The van der Waals surface area contributed by atoms with E-state index in [1.54, 1.807) is 36.5 Å². The number of halogens is 1. The molecule has 1 aromatic heterocycles. The average Bonchev–Trinajstić information content (AvgIpc) is 3.01. The molecule has 0 aliphatic heterocycles. The van der Waals surface area contributed by atoms with Crippen molar-refractivity contribution >= 4 is 27.3 Å². The van der Waals surface area contributed by atoms with Gasteiger partial charge < -0.3 is 10.1 Å². The van der Waals surface area contributed by atoms with Gasteiger partial charge in [0, 0.05) is 49.6 Å². The monoisotopic (exact) mass is 754 g/mol. The minimum Gasteiger partial charge on any atom is -0.512 e. The molecule has 0 bridgehead atoms. The van der Waals surface area contributed by atoms with E-state index in [1.165, 1.54) is 44.6 Å².